The van der Waals surface area contributed by atoms with E-state index in [1.165, 1.54) is 193 Å². The topological polar surface area (TPSA) is 78.9 Å². The molecule has 1 unspecified atom stereocenters. The van der Waals surface area contributed by atoms with Gasteiger partial charge in [-0.15, -0.1) is 0 Å². The third-order valence-corrected chi connectivity index (χ3v) is 13.3. The molecule has 0 spiro atoms. The Morgan fingerprint density at radius 2 is 0.565 bits per heavy atom. The number of rotatable bonds is 55. The first-order valence-corrected chi connectivity index (χ1v) is 30.1. The van der Waals surface area contributed by atoms with Crippen molar-refractivity contribution in [1.82, 2.24) is 0 Å². The van der Waals surface area contributed by atoms with E-state index in [4.69, 9.17) is 14.2 Å². The summed E-state index contributed by atoms with van der Waals surface area (Å²) in [6, 6.07) is 0. The quantitative estimate of drug-likeness (QED) is 0.0262. The number of unbranched alkanes of at least 4 members (excludes halogenated alkanes) is 36. The van der Waals surface area contributed by atoms with Crippen LogP contribution < -0.4 is 0 Å². The van der Waals surface area contributed by atoms with Gasteiger partial charge in [0.05, 0.1) is 0 Å². The molecule has 1 atom stereocenters. The average Bonchev–Trinajstić information content (AvgIpc) is 3.35. The standard InChI is InChI=1S/C63H114O6/c1-4-7-10-13-16-19-22-25-28-29-30-31-32-33-36-38-41-44-47-50-53-56-62(65)68-59-60(69-63(66)57-54-51-48-45-42-39-35-27-24-21-18-15-12-9-6-3)58-67-61(64)55-52-49-46-43-40-37-34-26-23-20-17-14-11-8-5-2/h9,12,18,21,27,35,42,45,60H,4-8,10-11,13-17,19-20,22-26,28-34,36-41,43-44,46-59H2,1-3H3/b12-9-,21-18-,35-27-,45-42-. The molecule has 0 saturated carbocycles. The number of ether oxygens (including phenoxy) is 3. The van der Waals surface area contributed by atoms with E-state index < -0.39 is 6.10 Å². The highest BCUT2D eigenvalue weighted by Crippen LogP contribution is 2.17. The summed E-state index contributed by atoms with van der Waals surface area (Å²) in [7, 11) is 0. The molecular formula is C63H114O6. The third-order valence-electron chi connectivity index (χ3n) is 13.3. The van der Waals surface area contributed by atoms with Gasteiger partial charge in [0.1, 0.15) is 13.2 Å². The first kappa shape index (κ1) is 66.4. The molecule has 0 heterocycles. The van der Waals surface area contributed by atoms with Gasteiger partial charge in [0.2, 0.25) is 0 Å². The largest absolute Gasteiger partial charge is 0.462 e. The van der Waals surface area contributed by atoms with Gasteiger partial charge in [-0.3, -0.25) is 14.4 Å². The van der Waals surface area contributed by atoms with Crippen molar-refractivity contribution in [2.24, 2.45) is 0 Å². The van der Waals surface area contributed by atoms with Crippen LogP contribution in [0.3, 0.4) is 0 Å². The fourth-order valence-electron chi connectivity index (χ4n) is 8.85. The minimum atomic E-state index is -0.791. The van der Waals surface area contributed by atoms with Gasteiger partial charge in [-0.05, 0) is 57.8 Å². The van der Waals surface area contributed by atoms with Crippen LogP contribution in [0.15, 0.2) is 48.6 Å². The summed E-state index contributed by atoms with van der Waals surface area (Å²) >= 11 is 0. The van der Waals surface area contributed by atoms with Crippen molar-refractivity contribution in [1.29, 1.82) is 0 Å². The van der Waals surface area contributed by atoms with Crippen LogP contribution in [-0.2, 0) is 28.6 Å². The lowest BCUT2D eigenvalue weighted by molar-refractivity contribution is -0.167. The van der Waals surface area contributed by atoms with Crippen molar-refractivity contribution >= 4 is 17.9 Å². The highest BCUT2D eigenvalue weighted by Gasteiger charge is 2.19. The van der Waals surface area contributed by atoms with E-state index >= 15 is 0 Å². The molecule has 0 N–H and O–H groups in total. The second kappa shape index (κ2) is 57.9. The maximum Gasteiger partial charge on any atom is 0.306 e. The first-order chi connectivity index (χ1) is 34.0. The van der Waals surface area contributed by atoms with Crippen molar-refractivity contribution in [2.45, 2.75) is 322 Å². The fraction of sp³-hybridized carbons (Fsp3) is 0.825. The zero-order chi connectivity index (χ0) is 50.0. The van der Waals surface area contributed by atoms with E-state index in [2.05, 4.69) is 69.4 Å². The van der Waals surface area contributed by atoms with Crippen LogP contribution in [0.1, 0.15) is 316 Å². The molecule has 0 aliphatic rings. The summed E-state index contributed by atoms with van der Waals surface area (Å²) in [6.07, 6.45) is 71.2. The third kappa shape index (κ3) is 56.2. The molecule has 0 aromatic rings. The van der Waals surface area contributed by atoms with Gasteiger partial charge in [-0.1, -0.05) is 288 Å². The van der Waals surface area contributed by atoms with E-state index in [1.54, 1.807) is 0 Å². The Balaban J connectivity index is 4.33. The smallest absolute Gasteiger partial charge is 0.306 e. The molecule has 0 radical (unpaired) electrons. The van der Waals surface area contributed by atoms with E-state index in [0.717, 1.165) is 77.0 Å². The Morgan fingerprint density at radius 1 is 0.304 bits per heavy atom. The van der Waals surface area contributed by atoms with Crippen LogP contribution in [-0.4, -0.2) is 37.2 Å². The fourth-order valence-corrected chi connectivity index (χ4v) is 8.85. The van der Waals surface area contributed by atoms with Crippen LogP contribution in [0.25, 0.3) is 0 Å². The molecule has 0 aliphatic carbocycles. The Kier molecular flexibility index (Phi) is 55.7. The molecule has 0 aromatic heterocycles. The molecule has 0 amide bonds. The predicted octanol–water partition coefficient (Wildman–Crippen LogP) is 20.2. The molecule has 0 saturated heterocycles. The van der Waals surface area contributed by atoms with Gasteiger partial charge in [-0.2, -0.15) is 0 Å². The second-order valence-corrected chi connectivity index (χ2v) is 20.2. The highest BCUT2D eigenvalue weighted by atomic mass is 16.6. The number of esters is 3. The highest BCUT2D eigenvalue weighted by molar-refractivity contribution is 5.71. The van der Waals surface area contributed by atoms with Crippen molar-refractivity contribution in [3.8, 4) is 0 Å². The zero-order valence-corrected chi connectivity index (χ0v) is 46.1. The van der Waals surface area contributed by atoms with E-state index in [0.29, 0.717) is 19.3 Å². The average molecular weight is 968 g/mol. The first-order valence-electron chi connectivity index (χ1n) is 30.1. The Hall–Kier alpha value is -2.63. The molecule has 6 heteroatoms. The second-order valence-electron chi connectivity index (χ2n) is 20.2. The molecule has 69 heavy (non-hydrogen) atoms. The normalized spacial score (nSPS) is 12.3. The van der Waals surface area contributed by atoms with Crippen LogP contribution in [0.2, 0.25) is 0 Å². The monoisotopic (exact) mass is 967 g/mol. The maximum atomic E-state index is 12.8. The molecule has 0 aliphatic heterocycles. The summed E-state index contributed by atoms with van der Waals surface area (Å²) in [4.78, 5) is 38.2. The van der Waals surface area contributed by atoms with Crippen LogP contribution in [0.5, 0.6) is 0 Å². The summed E-state index contributed by atoms with van der Waals surface area (Å²) in [6.45, 7) is 6.54. The summed E-state index contributed by atoms with van der Waals surface area (Å²) < 4.78 is 16.9. The van der Waals surface area contributed by atoms with Crippen LogP contribution in [0, 0.1) is 0 Å². The van der Waals surface area contributed by atoms with Crippen molar-refractivity contribution in [3.05, 3.63) is 48.6 Å². The molecule has 402 valence electrons. The predicted molar refractivity (Wildman–Crippen MR) is 298 cm³/mol. The Morgan fingerprint density at radius 3 is 0.884 bits per heavy atom. The lowest BCUT2D eigenvalue weighted by Gasteiger charge is -2.18. The molecule has 6 nitrogen and oxygen atoms in total. The van der Waals surface area contributed by atoms with Gasteiger partial charge < -0.3 is 14.2 Å². The van der Waals surface area contributed by atoms with Gasteiger partial charge in [-0.25, -0.2) is 0 Å². The maximum absolute atomic E-state index is 12.8. The molecule has 0 rings (SSSR count). The SMILES string of the molecule is CC/C=C\C/C=C\C/C=C\C/C=C\CCCCC(=O)OC(COC(=O)CCCCCCCCCCCCCCCCC)COC(=O)CCCCCCCCCCCCCCCCCCCCCCC. The number of hydrogen-bond acceptors (Lipinski definition) is 6. The van der Waals surface area contributed by atoms with Gasteiger partial charge in [0, 0.05) is 19.3 Å². The molecule has 0 aromatic carbocycles. The van der Waals surface area contributed by atoms with E-state index in [9.17, 15) is 14.4 Å². The lowest BCUT2D eigenvalue weighted by atomic mass is 10.0. The summed E-state index contributed by atoms with van der Waals surface area (Å²) in [5.41, 5.74) is 0. The van der Waals surface area contributed by atoms with Gasteiger partial charge in [0.15, 0.2) is 6.10 Å². The Bertz CT molecular complexity index is 1200. The van der Waals surface area contributed by atoms with Crippen molar-refractivity contribution in [3.63, 3.8) is 0 Å². The number of hydrogen-bond donors (Lipinski definition) is 0. The van der Waals surface area contributed by atoms with E-state index in [-0.39, 0.29) is 37.5 Å². The summed E-state index contributed by atoms with van der Waals surface area (Å²) in [5, 5.41) is 0. The van der Waals surface area contributed by atoms with E-state index in [1.807, 2.05) is 0 Å². The Labute approximate surface area is 428 Å². The minimum Gasteiger partial charge on any atom is -0.462 e. The zero-order valence-electron chi connectivity index (χ0n) is 46.1. The van der Waals surface area contributed by atoms with Crippen molar-refractivity contribution < 1.29 is 28.6 Å². The van der Waals surface area contributed by atoms with Crippen molar-refractivity contribution in [2.75, 3.05) is 13.2 Å². The van der Waals surface area contributed by atoms with Crippen LogP contribution >= 0.6 is 0 Å². The molecule has 0 fully saturated rings. The van der Waals surface area contributed by atoms with Gasteiger partial charge in [0.25, 0.3) is 0 Å². The molecule has 0 bridgehead atoms. The number of allylic oxidation sites excluding steroid dienone is 8. The minimum absolute atomic E-state index is 0.0853. The summed E-state index contributed by atoms with van der Waals surface area (Å²) in [5.74, 6) is -0.908. The van der Waals surface area contributed by atoms with Gasteiger partial charge >= 0.3 is 17.9 Å². The van der Waals surface area contributed by atoms with Crippen LogP contribution in [0.4, 0.5) is 0 Å². The number of carbonyl (C=O) groups excluding carboxylic acids is 3. The molecular weight excluding hydrogens is 853 g/mol. The lowest BCUT2D eigenvalue weighted by Crippen LogP contribution is -2.30. The number of carbonyl (C=O) groups is 3.